The quantitative estimate of drug-likeness (QED) is 0.521. The summed E-state index contributed by atoms with van der Waals surface area (Å²) in [6.07, 6.45) is -4.01. The smallest absolute Gasteiger partial charge is 0.392 e. The SMILES string of the molecule is Cc1cc(C)c2c(c1)C(F)(F)OC(=O)C2(F)F. The van der Waals surface area contributed by atoms with E-state index in [0.29, 0.717) is 5.56 Å². The number of alkyl halides is 4. The number of hydrogen-bond acceptors (Lipinski definition) is 2. The topological polar surface area (TPSA) is 26.3 Å². The molecule has 6 heteroatoms. The van der Waals surface area contributed by atoms with Gasteiger partial charge in [0.1, 0.15) is 0 Å². The summed E-state index contributed by atoms with van der Waals surface area (Å²) in [5.74, 6) is -6.25. The Bertz CT molecular complexity index is 508. The molecule has 2 rings (SSSR count). The number of halogens is 4. The highest BCUT2D eigenvalue weighted by Gasteiger charge is 2.58. The summed E-state index contributed by atoms with van der Waals surface area (Å²) in [5, 5.41) is 0. The van der Waals surface area contributed by atoms with Crippen LogP contribution in [0.3, 0.4) is 0 Å². The molecule has 1 aliphatic rings. The first-order valence-electron chi connectivity index (χ1n) is 4.77. The van der Waals surface area contributed by atoms with Crippen LogP contribution < -0.4 is 0 Å². The lowest BCUT2D eigenvalue weighted by atomic mass is 9.91. The third-order valence-corrected chi connectivity index (χ3v) is 2.58. The maximum Gasteiger partial charge on any atom is 0.429 e. The fraction of sp³-hybridized carbons (Fsp3) is 0.364. The third-order valence-electron chi connectivity index (χ3n) is 2.58. The number of benzene rings is 1. The van der Waals surface area contributed by atoms with E-state index in [1.807, 2.05) is 0 Å². The molecular formula is C11H8F4O2. The average molecular weight is 248 g/mol. The molecule has 0 saturated carbocycles. The normalized spacial score (nSPS) is 20.7. The van der Waals surface area contributed by atoms with Crippen molar-refractivity contribution in [2.24, 2.45) is 0 Å². The summed E-state index contributed by atoms with van der Waals surface area (Å²) < 4.78 is 57.3. The number of carbonyl (C=O) groups is 1. The molecule has 1 aromatic carbocycles. The molecule has 0 amide bonds. The van der Waals surface area contributed by atoms with Crippen LogP contribution in [0.15, 0.2) is 12.1 Å². The van der Waals surface area contributed by atoms with Crippen molar-refractivity contribution in [1.82, 2.24) is 0 Å². The Kier molecular flexibility index (Phi) is 2.24. The van der Waals surface area contributed by atoms with Gasteiger partial charge in [-0.25, -0.2) is 4.79 Å². The first kappa shape index (κ1) is 11.9. The van der Waals surface area contributed by atoms with Crippen molar-refractivity contribution in [1.29, 1.82) is 0 Å². The summed E-state index contributed by atoms with van der Waals surface area (Å²) >= 11 is 0. The number of fused-ring (bicyclic) bond motifs is 1. The number of cyclic esters (lactones) is 1. The van der Waals surface area contributed by atoms with Gasteiger partial charge in [0.15, 0.2) is 0 Å². The average Bonchev–Trinajstić information content (AvgIpc) is 2.13. The van der Waals surface area contributed by atoms with Crippen LogP contribution >= 0.6 is 0 Å². The van der Waals surface area contributed by atoms with Gasteiger partial charge in [0.25, 0.3) is 0 Å². The van der Waals surface area contributed by atoms with Gasteiger partial charge in [-0.15, -0.1) is 0 Å². The summed E-state index contributed by atoms with van der Waals surface area (Å²) in [7, 11) is 0. The standard InChI is InChI=1S/C11H8F4O2/c1-5-3-6(2)8-7(4-5)11(14,15)17-9(16)10(8,12)13/h3-4H,1-2H3. The molecule has 0 aromatic heterocycles. The predicted molar refractivity (Wildman–Crippen MR) is 49.8 cm³/mol. The van der Waals surface area contributed by atoms with Gasteiger partial charge in [-0.1, -0.05) is 11.6 Å². The van der Waals surface area contributed by atoms with Crippen molar-refractivity contribution in [3.05, 3.63) is 34.4 Å². The Morgan fingerprint density at radius 1 is 1.12 bits per heavy atom. The van der Waals surface area contributed by atoms with Gasteiger partial charge in [0, 0.05) is 5.56 Å². The summed E-state index contributed by atoms with van der Waals surface area (Å²) in [4.78, 5) is 10.9. The molecule has 0 fully saturated rings. The fourth-order valence-electron chi connectivity index (χ4n) is 1.95. The Morgan fingerprint density at radius 2 is 1.71 bits per heavy atom. The first-order valence-corrected chi connectivity index (χ1v) is 4.77. The molecule has 0 N–H and O–H groups in total. The van der Waals surface area contributed by atoms with E-state index in [9.17, 15) is 22.4 Å². The molecular weight excluding hydrogens is 240 g/mol. The zero-order chi connectivity index (χ0) is 13.0. The fourth-order valence-corrected chi connectivity index (χ4v) is 1.95. The lowest BCUT2D eigenvalue weighted by Gasteiger charge is -2.31. The first-order chi connectivity index (χ1) is 7.66. The van der Waals surface area contributed by atoms with Crippen molar-refractivity contribution in [2.75, 3.05) is 0 Å². The Morgan fingerprint density at radius 3 is 2.29 bits per heavy atom. The minimum absolute atomic E-state index is 0.0543. The van der Waals surface area contributed by atoms with Gasteiger partial charge in [0.2, 0.25) is 0 Å². The summed E-state index contributed by atoms with van der Waals surface area (Å²) in [5.41, 5.74) is -1.56. The van der Waals surface area contributed by atoms with E-state index in [-0.39, 0.29) is 5.56 Å². The number of hydrogen-bond donors (Lipinski definition) is 0. The van der Waals surface area contributed by atoms with E-state index < -0.39 is 29.1 Å². The van der Waals surface area contributed by atoms with Crippen molar-refractivity contribution in [3.63, 3.8) is 0 Å². The molecule has 0 unspecified atom stereocenters. The number of carbonyl (C=O) groups excluding carboxylic acids is 1. The van der Waals surface area contributed by atoms with Crippen LogP contribution in [0.5, 0.6) is 0 Å². The lowest BCUT2D eigenvalue weighted by Crippen LogP contribution is -2.42. The molecule has 1 aliphatic heterocycles. The molecule has 1 aromatic rings. The highest BCUT2D eigenvalue weighted by atomic mass is 19.3. The maximum atomic E-state index is 13.5. The second kappa shape index (κ2) is 3.21. The van der Waals surface area contributed by atoms with Crippen molar-refractivity contribution < 1.29 is 27.1 Å². The predicted octanol–water partition coefficient (Wildman–Crippen LogP) is 3.00. The maximum absolute atomic E-state index is 13.5. The molecule has 0 radical (unpaired) electrons. The van der Waals surface area contributed by atoms with E-state index in [1.165, 1.54) is 19.9 Å². The molecule has 0 aliphatic carbocycles. The third kappa shape index (κ3) is 1.59. The highest BCUT2D eigenvalue weighted by Crippen LogP contribution is 2.47. The van der Waals surface area contributed by atoms with Gasteiger partial charge >= 0.3 is 18.0 Å². The number of rotatable bonds is 0. The molecule has 1 heterocycles. The van der Waals surface area contributed by atoms with E-state index in [1.54, 1.807) is 0 Å². The van der Waals surface area contributed by atoms with E-state index >= 15 is 0 Å². The van der Waals surface area contributed by atoms with Gasteiger partial charge in [-0.2, -0.15) is 17.6 Å². The number of ether oxygens (including phenoxy) is 1. The largest absolute Gasteiger partial charge is 0.429 e. The molecule has 0 atom stereocenters. The minimum atomic E-state index is -4.03. The molecule has 0 spiro atoms. The van der Waals surface area contributed by atoms with E-state index in [4.69, 9.17) is 0 Å². The van der Waals surface area contributed by atoms with Crippen molar-refractivity contribution in [3.8, 4) is 0 Å². The van der Waals surface area contributed by atoms with Crippen LogP contribution in [0, 0.1) is 13.8 Å². The Balaban J connectivity index is 2.82. The Hall–Kier alpha value is -1.59. The monoisotopic (exact) mass is 248 g/mol. The van der Waals surface area contributed by atoms with Crippen molar-refractivity contribution in [2.45, 2.75) is 25.9 Å². The van der Waals surface area contributed by atoms with E-state index in [0.717, 1.165) is 6.07 Å². The number of aryl methyl sites for hydroxylation is 2. The van der Waals surface area contributed by atoms with Gasteiger partial charge < -0.3 is 4.74 Å². The molecule has 17 heavy (non-hydrogen) atoms. The highest BCUT2D eigenvalue weighted by molar-refractivity contribution is 5.82. The van der Waals surface area contributed by atoms with Crippen molar-refractivity contribution >= 4 is 5.97 Å². The molecule has 0 saturated heterocycles. The summed E-state index contributed by atoms with van der Waals surface area (Å²) in [6.45, 7) is 2.76. The summed E-state index contributed by atoms with van der Waals surface area (Å²) in [6, 6.07) is 2.23. The molecule has 92 valence electrons. The minimum Gasteiger partial charge on any atom is -0.392 e. The van der Waals surface area contributed by atoms with Crippen LogP contribution in [0.1, 0.15) is 22.3 Å². The second-order valence-electron chi connectivity index (χ2n) is 3.99. The van der Waals surface area contributed by atoms with Gasteiger partial charge in [0.05, 0.1) is 5.56 Å². The zero-order valence-electron chi connectivity index (χ0n) is 8.98. The van der Waals surface area contributed by atoms with Crippen LogP contribution in [-0.2, 0) is 21.6 Å². The molecule has 2 nitrogen and oxygen atoms in total. The van der Waals surface area contributed by atoms with Crippen LogP contribution in [0.2, 0.25) is 0 Å². The lowest BCUT2D eigenvalue weighted by molar-refractivity contribution is -0.269. The van der Waals surface area contributed by atoms with Crippen LogP contribution in [-0.4, -0.2) is 5.97 Å². The molecule has 0 bridgehead atoms. The van der Waals surface area contributed by atoms with Crippen LogP contribution in [0.25, 0.3) is 0 Å². The Labute approximate surface area is 94.2 Å². The zero-order valence-corrected chi connectivity index (χ0v) is 8.98. The van der Waals surface area contributed by atoms with E-state index in [2.05, 4.69) is 4.74 Å². The number of esters is 1. The van der Waals surface area contributed by atoms with Gasteiger partial charge in [-0.05, 0) is 25.5 Å². The van der Waals surface area contributed by atoms with Crippen LogP contribution in [0.4, 0.5) is 17.6 Å². The second-order valence-corrected chi connectivity index (χ2v) is 3.99. The van der Waals surface area contributed by atoms with Gasteiger partial charge in [-0.3, -0.25) is 0 Å².